The van der Waals surface area contributed by atoms with Gasteiger partial charge in [0.2, 0.25) is 5.91 Å². The van der Waals surface area contributed by atoms with Crippen LogP contribution in [0.1, 0.15) is 61.5 Å². The summed E-state index contributed by atoms with van der Waals surface area (Å²) in [5.41, 5.74) is 4.23. The molecule has 1 aromatic heterocycles. The minimum atomic E-state index is -0.535. The van der Waals surface area contributed by atoms with Crippen LogP contribution in [0.2, 0.25) is 5.02 Å². The van der Waals surface area contributed by atoms with Crippen LogP contribution in [0.4, 0.5) is 10.7 Å². The van der Waals surface area contributed by atoms with Crippen LogP contribution in [0, 0.1) is 0 Å². The van der Waals surface area contributed by atoms with Gasteiger partial charge in [-0.15, -0.1) is 23.1 Å². The number of carbonyl (C=O) groups excluding carboxylic acids is 4. The van der Waals surface area contributed by atoms with Crippen molar-refractivity contribution in [2.45, 2.75) is 37.0 Å². The standard InChI is InChI=1S/C41H36ClN3O5S2/c1-2-50-41(49)37-33-20-19-29(27-12-5-3-6-13-27)23-35(33)52-40(37)45-36(46)25-51-32-18-10-17-31(24-32)43-39(48)34(22-26-11-9-16-30(42)21-26)44-38(47)28-14-7-4-8-15-28/h3-18,21-22,24,29H,2,19-20,23,25H2,1H3,(H,43,48)(H,44,47)(H,45,46)/b34-22-. The molecule has 8 nitrogen and oxygen atoms in total. The lowest BCUT2D eigenvalue weighted by atomic mass is 9.83. The predicted octanol–water partition coefficient (Wildman–Crippen LogP) is 8.99. The first kappa shape index (κ1) is 36.6. The van der Waals surface area contributed by atoms with Crippen molar-refractivity contribution in [3.63, 3.8) is 0 Å². The van der Waals surface area contributed by atoms with Crippen LogP contribution in [0.5, 0.6) is 0 Å². The molecule has 1 heterocycles. The summed E-state index contributed by atoms with van der Waals surface area (Å²) in [7, 11) is 0. The van der Waals surface area contributed by atoms with E-state index in [9.17, 15) is 19.2 Å². The van der Waals surface area contributed by atoms with Gasteiger partial charge in [-0.05, 0) is 97.3 Å². The Hall–Kier alpha value is -5.16. The minimum absolute atomic E-state index is 0.0275. The topological polar surface area (TPSA) is 114 Å². The van der Waals surface area contributed by atoms with Gasteiger partial charge in [-0.2, -0.15) is 0 Å². The number of thiophene rings is 1. The maximum atomic E-state index is 13.5. The maximum absolute atomic E-state index is 13.5. The van der Waals surface area contributed by atoms with E-state index in [2.05, 4.69) is 28.1 Å². The molecular formula is C41H36ClN3O5S2. The average Bonchev–Trinajstić information content (AvgIpc) is 3.51. The normalized spacial score (nSPS) is 13.8. The molecule has 0 saturated carbocycles. The summed E-state index contributed by atoms with van der Waals surface area (Å²) >= 11 is 8.91. The van der Waals surface area contributed by atoms with Gasteiger partial charge in [-0.3, -0.25) is 14.4 Å². The SMILES string of the molecule is CCOC(=O)c1c(NC(=O)CSc2cccc(NC(=O)/C(=C/c3cccc(Cl)c3)NC(=O)c3ccccc3)c2)sc2c1CCC(c1ccccc1)C2. The van der Waals surface area contributed by atoms with Crippen LogP contribution in [0.25, 0.3) is 6.08 Å². The second kappa shape index (κ2) is 17.4. The van der Waals surface area contributed by atoms with Crippen molar-refractivity contribution < 1.29 is 23.9 Å². The highest BCUT2D eigenvalue weighted by Gasteiger charge is 2.31. The van der Waals surface area contributed by atoms with Crippen molar-refractivity contribution in [2.24, 2.45) is 0 Å². The lowest BCUT2D eigenvalue weighted by Gasteiger charge is -2.23. The van der Waals surface area contributed by atoms with Gasteiger partial charge in [0.1, 0.15) is 10.7 Å². The van der Waals surface area contributed by atoms with E-state index in [1.165, 1.54) is 28.7 Å². The first-order valence-corrected chi connectivity index (χ1v) is 19.0. The van der Waals surface area contributed by atoms with Gasteiger partial charge in [0.15, 0.2) is 0 Å². The second-order valence-corrected chi connectivity index (χ2v) is 14.6. The van der Waals surface area contributed by atoms with Gasteiger partial charge in [-0.25, -0.2) is 4.79 Å². The molecule has 1 aliphatic rings. The molecule has 0 aliphatic heterocycles. The van der Waals surface area contributed by atoms with E-state index >= 15 is 0 Å². The fourth-order valence-corrected chi connectivity index (χ4v) is 8.27. The molecule has 1 aliphatic carbocycles. The van der Waals surface area contributed by atoms with E-state index in [1.807, 2.05) is 24.3 Å². The second-order valence-electron chi connectivity index (χ2n) is 12.0. The quantitative estimate of drug-likeness (QED) is 0.0667. The number of rotatable bonds is 12. The number of fused-ring (bicyclic) bond motifs is 1. The molecule has 264 valence electrons. The molecule has 0 fully saturated rings. The van der Waals surface area contributed by atoms with Gasteiger partial charge in [0.25, 0.3) is 11.8 Å². The Balaban J connectivity index is 1.13. The number of thioether (sulfide) groups is 1. The van der Waals surface area contributed by atoms with Gasteiger partial charge in [0, 0.05) is 26.0 Å². The molecule has 0 radical (unpaired) electrons. The van der Waals surface area contributed by atoms with Crippen LogP contribution in [0.3, 0.4) is 0 Å². The number of hydrogen-bond acceptors (Lipinski definition) is 7. The first-order chi connectivity index (χ1) is 25.3. The third-order valence-electron chi connectivity index (χ3n) is 8.42. The highest BCUT2D eigenvalue weighted by molar-refractivity contribution is 8.00. The van der Waals surface area contributed by atoms with Gasteiger partial charge < -0.3 is 20.7 Å². The fourth-order valence-electron chi connectivity index (χ4n) is 5.98. The molecular weight excluding hydrogens is 714 g/mol. The van der Waals surface area contributed by atoms with Gasteiger partial charge >= 0.3 is 5.97 Å². The third-order valence-corrected chi connectivity index (χ3v) is 10.8. The minimum Gasteiger partial charge on any atom is -0.462 e. The Morgan fingerprint density at radius 1 is 0.904 bits per heavy atom. The summed E-state index contributed by atoms with van der Waals surface area (Å²) in [5.74, 6) is -1.24. The molecule has 4 aromatic carbocycles. The summed E-state index contributed by atoms with van der Waals surface area (Å²) in [6.07, 6.45) is 3.99. The summed E-state index contributed by atoms with van der Waals surface area (Å²) in [5, 5.41) is 9.57. The zero-order valence-electron chi connectivity index (χ0n) is 28.3. The van der Waals surface area contributed by atoms with Crippen LogP contribution < -0.4 is 16.0 Å². The number of nitrogens with one attached hydrogen (secondary N) is 3. The summed E-state index contributed by atoms with van der Waals surface area (Å²) in [6, 6.07) is 33.0. The van der Waals surface area contributed by atoms with E-state index in [4.69, 9.17) is 16.3 Å². The molecule has 0 saturated heterocycles. The average molecular weight is 750 g/mol. The molecule has 11 heteroatoms. The molecule has 52 heavy (non-hydrogen) atoms. The summed E-state index contributed by atoms with van der Waals surface area (Å²) < 4.78 is 5.40. The Kier molecular flexibility index (Phi) is 12.2. The monoisotopic (exact) mass is 749 g/mol. The molecule has 0 spiro atoms. The zero-order valence-corrected chi connectivity index (χ0v) is 30.7. The Morgan fingerprint density at radius 3 is 2.40 bits per heavy atom. The van der Waals surface area contributed by atoms with Gasteiger partial charge in [-0.1, -0.05) is 78.3 Å². The van der Waals surface area contributed by atoms with Crippen molar-refractivity contribution >= 4 is 75.2 Å². The number of benzene rings is 4. The Labute approximate surface area is 315 Å². The maximum Gasteiger partial charge on any atom is 0.341 e. The number of esters is 1. The summed E-state index contributed by atoms with van der Waals surface area (Å²) in [4.78, 5) is 54.7. The number of halogens is 1. The number of carbonyl (C=O) groups is 4. The smallest absolute Gasteiger partial charge is 0.341 e. The van der Waals surface area contributed by atoms with Crippen molar-refractivity contribution in [2.75, 3.05) is 23.0 Å². The number of ether oxygens (including phenoxy) is 1. The highest BCUT2D eigenvalue weighted by Crippen LogP contribution is 2.43. The largest absolute Gasteiger partial charge is 0.462 e. The third kappa shape index (κ3) is 9.38. The van der Waals surface area contributed by atoms with Crippen LogP contribution in [-0.4, -0.2) is 36.1 Å². The number of hydrogen-bond donors (Lipinski definition) is 3. The van der Waals surface area contributed by atoms with E-state index in [-0.39, 0.29) is 24.0 Å². The zero-order chi connectivity index (χ0) is 36.5. The molecule has 3 N–H and O–H groups in total. The number of amides is 3. The lowest BCUT2D eigenvalue weighted by Crippen LogP contribution is -2.30. The van der Waals surface area contributed by atoms with Crippen LogP contribution >= 0.6 is 34.7 Å². The molecule has 1 unspecified atom stereocenters. The Morgan fingerprint density at radius 2 is 1.65 bits per heavy atom. The molecule has 1 atom stereocenters. The molecule has 6 rings (SSSR count). The van der Waals surface area contributed by atoms with E-state index in [0.29, 0.717) is 38.3 Å². The van der Waals surface area contributed by atoms with Crippen molar-refractivity contribution in [3.8, 4) is 0 Å². The van der Waals surface area contributed by atoms with E-state index in [0.717, 1.165) is 34.6 Å². The van der Waals surface area contributed by atoms with Crippen molar-refractivity contribution in [1.29, 1.82) is 0 Å². The van der Waals surface area contributed by atoms with Crippen LogP contribution in [0.15, 0.2) is 120 Å². The Bertz CT molecular complexity index is 2120. The first-order valence-electron chi connectivity index (χ1n) is 16.8. The lowest BCUT2D eigenvalue weighted by molar-refractivity contribution is -0.114. The van der Waals surface area contributed by atoms with Crippen molar-refractivity contribution in [1.82, 2.24) is 5.32 Å². The predicted molar refractivity (Wildman–Crippen MR) is 209 cm³/mol. The fraction of sp³-hybridized carbons (Fsp3) is 0.171. The van der Waals surface area contributed by atoms with E-state index < -0.39 is 17.8 Å². The molecule has 0 bridgehead atoms. The van der Waals surface area contributed by atoms with E-state index in [1.54, 1.807) is 85.8 Å². The molecule has 5 aromatic rings. The number of anilines is 2. The highest BCUT2D eigenvalue weighted by atomic mass is 35.5. The van der Waals surface area contributed by atoms with Crippen LogP contribution in [-0.2, 0) is 27.2 Å². The van der Waals surface area contributed by atoms with Crippen molar-refractivity contribution in [3.05, 3.63) is 153 Å². The van der Waals surface area contributed by atoms with Gasteiger partial charge in [0.05, 0.1) is 17.9 Å². The molecule has 3 amide bonds. The summed E-state index contributed by atoms with van der Waals surface area (Å²) in [6.45, 7) is 2.01.